The maximum absolute atomic E-state index is 12.8. The van der Waals surface area contributed by atoms with Crippen LogP contribution in [0.5, 0.6) is 0 Å². The van der Waals surface area contributed by atoms with Crippen LogP contribution >= 0.6 is 0 Å². The first-order chi connectivity index (χ1) is 15.0. The lowest BCUT2D eigenvalue weighted by Crippen LogP contribution is -2.48. The van der Waals surface area contributed by atoms with Crippen LogP contribution in [0.25, 0.3) is 0 Å². The predicted octanol–water partition coefficient (Wildman–Crippen LogP) is 0.768. The molecule has 2 saturated heterocycles. The van der Waals surface area contributed by atoms with Crippen molar-refractivity contribution in [3.05, 3.63) is 29.6 Å². The van der Waals surface area contributed by atoms with Gasteiger partial charge in [0.05, 0.1) is 6.10 Å². The second-order valence-corrected chi connectivity index (χ2v) is 9.03. The number of carbonyl (C=O) groups is 2. The Labute approximate surface area is 182 Å². The fourth-order valence-corrected chi connectivity index (χ4v) is 5.10. The highest BCUT2D eigenvalue weighted by Crippen LogP contribution is 2.31. The number of hydrogen-bond acceptors (Lipinski definition) is 7. The van der Waals surface area contributed by atoms with Gasteiger partial charge in [0.25, 0.3) is 0 Å². The van der Waals surface area contributed by atoms with E-state index >= 15 is 0 Å². The summed E-state index contributed by atoms with van der Waals surface area (Å²) in [7, 11) is 1.75. The fraction of sp³-hybridized carbons (Fsp3) is 0.682. The monoisotopic (exact) mass is 431 g/mol. The van der Waals surface area contributed by atoms with E-state index in [1.54, 1.807) is 19.4 Å². The van der Waals surface area contributed by atoms with Crippen LogP contribution in [-0.4, -0.2) is 71.8 Å². The number of hydrogen-bond donors (Lipinski definition) is 4. The number of hydrazine groups is 1. The Morgan fingerprint density at radius 1 is 1.23 bits per heavy atom. The van der Waals surface area contributed by atoms with Crippen molar-refractivity contribution < 1.29 is 19.4 Å². The quantitative estimate of drug-likeness (QED) is 0.500. The molecule has 2 aliphatic heterocycles. The molecule has 1 amide bonds. The van der Waals surface area contributed by atoms with Gasteiger partial charge in [-0.05, 0) is 62.7 Å². The number of amides is 1. The smallest absolute Gasteiger partial charge is 0.354 e. The summed E-state index contributed by atoms with van der Waals surface area (Å²) < 4.78 is 5.53. The molecule has 0 aromatic carbocycles. The minimum Gasteiger partial charge on any atom is -0.477 e. The molecule has 9 nitrogen and oxygen atoms in total. The summed E-state index contributed by atoms with van der Waals surface area (Å²) >= 11 is 0. The van der Waals surface area contributed by atoms with Crippen LogP contribution in [-0.2, 0) is 16.1 Å². The molecule has 4 atom stereocenters. The van der Waals surface area contributed by atoms with E-state index < -0.39 is 5.97 Å². The molecule has 1 aliphatic carbocycles. The number of carboxylic acid groups (broad SMARTS) is 1. The largest absolute Gasteiger partial charge is 0.477 e. The van der Waals surface area contributed by atoms with Gasteiger partial charge in [0.2, 0.25) is 5.91 Å². The molecule has 3 heterocycles. The molecule has 9 heteroatoms. The molecular formula is C22H33N5O4. The normalized spacial score (nSPS) is 29.5. The van der Waals surface area contributed by atoms with Gasteiger partial charge in [0.15, 0.2) is 0 Å². The van der Waals surface area contributed by atoms with Gasteiger partial charge in [0, 0.05) is 38.4 Å². The van der Waals surface area contributed by atoms with E-state index in [-0.39, 0.29) is 29.7 Å². The van der Waals surface area contributed by atoms with Crippen molar-refractivity contribution >= 4 is 11.9 Å². The third-order valence-electron chi connectivity index (χ3n) is 7.04. The minimum absolute atomic E-state index is 0.0717. The van der Waals surface area contributed by atoms with E-state index in [1.807, 2.05) is 6.07 Å². The average Bonchev–Trinajstić information content (AvgIpc) is 3.22. The molecule has 4 N–H and O–H groups in total. The van der Waals surface area contributed by atoms with Gasteiger partial charge in [0.1, 0.15) is 11.7 Å². The molecule has 0 bridgehead atoms. The topological polar surface area (TPSA) is 116 Å². The number of nitrogens with one attached hydrogen (secondary N) is 3. The zero-order chi connectivity index (χ0) is 21.8. The number of ether oxygens (including phenoxy) is 1. The number of methoxy groups -OCH3 is 1. The van der Waals surface area contributed by atoms with Gasteiger partial charge >= 0.3 is 5.97 Å². The summed E-state index contributed by atoms with van der Waals surface area (Å²) in [6.45, 7) is 3.41. The van der Waals surface area contributed by atoms with Crippen LogP contribution < -0.4 is 16.2 Å². The molecule has 0 spiro atoms. The maximum Gasteiger partial charge on any atom is 0.354 e. The molecule has 1 aromatic heterocycles. The molecule has 0 radical (unpaired) electrons. The highest BCUT2D eigenvalue weighted by molar-refractivity contribution is 5.85. The minimum atomic E-state index is -1.00. The van der Waals surface area contributed by atoms with Crippen molar-refractivity contribution in [2.75, 3.05) is 26.7 Å². The Balaban J connectivity index is 1.19. The van der Waals surface area contributed by atoms with Crippen LogP contribution in [0.1, 0.15) is 48.2 Å². The van der Waals surface area contributed by atoms with Crippen molar-refractivity contribution in [3.8, 4) is 0 Å². The SMILES string of the molecule is COC1CCC2NNC(C(=O)NCC3CCN(Cc4ccc(C(=O)O)nc4)CC3)C2C1. The average molecular weight is 432 g/mol. The Bertz CT molecular complexity index is 766. The standard InChI is InChI=1S/C22H33N5O4/c1-31-16-3-5-18-17(10-16)20(26-25-18)21(28)24-11-14-6-8-27(9-7-14)13-15-2-4-19(22(29)30)23-12-15/h2,4,12,14,16-18,20,25-26H,3,5-11,13H2,1H3,(H,24,28)(H,29,30). The lowest BCUT2D eigenvalue weighted by Gasteiger charge is -2.33. The van der Waals surface area contributed by atoms with Crippen LogP contribution in [0.2, 0.25) is 0 Å². The highest BCUT2D eigenvalue weighted by atomic mass is 16.5. The summed E-state index contributed by atoms with van der Waals surface area (Å²) in [6, 6.07) is 3.55. The molecule has 3 fully saturated rings. The molecule has 1 aromatic rings. The molecule has 170 valence electrons. The van der Waals surface area contributed by atoms with Gasteiger partial charge in [-0.15, -0.1) is 0 Å². The third kappa shape index (κ3) is 5.41. The summed E-state index contributed by atoms with van der Waals surface area (Å²) in [4.78, 5) is 30.1. The summed E-state index contributed by atoms with van der Waals surface area (Å²) in [5.41, 5.74) is 7.60. The van der Waals surface area contributed by atoms with Crippen LogP contribution in [0, 0.1) is 11.8 Å². The molecular weight excluding hydrogens is 398 g/mol. The first kappa shape index (κ1) is 22.1. The number of nitrogens with zero attached hydrogens (tertiary/aromatic N) is 2. The Hall–Kier alpha value is -2.07. The number of likely N-dealkylation sites (tertiary alicyclic amines) is 1. The van der Waals surface area contributed by atoms with E-state index in [1.165, 1.54) is 0 Å². The first-order valence-electron chi connectivity index (χ1n) is 11.3. The Morgan fingerprint density at radius 3 is 2.71 bits per heavy atom. The zero-order valence-electron chi connectivity index (χ0n) is 18.0. The highest BCUT2D eigenvalue weighted by Gasteiger charge is 2.43. The van der Waals surface area contributed by atoms with Gasteiger partial charge in [-0.1, -0.05) is 6.07 Å². The van der Waals surface area contributed by atoms with Crippen molar-refractivity contribution in [3.63, 3.8) is 0 Å². The fourth-order valence-electron chi connectivity index (χ4n) is 5.10. The number of aromatic nitrogens is 1. The van der Waals surface area contributed by atoms with Crippen LogP contribution in [0.4, 0.5) is 0 Å². The van der Waals surface area contributed by atoms with E-state index in [2.05, 4.69) is 26.1 Å². The van der Waals surface area contributed by atoms with E-state index in [9.17, 15) is 9.59 Å². The van der Waals surface area contributed by atoms with Gasteiger partial charge in [-0.3, -0.25) is 15.1 Å². The van der Waals surface area contributed by atoms with Gasteiger partial charge in [-0.2, -0.15) is 0 Å². The van der Waals surface area contributed by atoms with Crippen molar-refractivity contribution in [2.45, 2.75) is 56.8 Å². The van der Waals surface area contributed by atoms with Crippen molar-refractivity contribution in [1.82, 2.24) is 26.1 Å². The summed E-state index contributed by atoms with van der Waals surface area (Å²) in [5.74, 6) is -0.156. The number of rotatable bonds is 7. The second-order valence-electron chi connectivity index (χ2n) is 9.03. The maximum atomic E-state index is 12.8. The van der Waals surface area contributed by atoms with Crippen LogP contribution in [0.3, 0.4) is 0 Å². The number of carboxylic acids is 1. The number of pyridine rings is 1. The predicted molar refractivity (Wildman–Crippen MR) is 114 cm³/mol. The van der Waals surface area contributed by atoms with Crippen LogP contribution in [0.15, 0.2) is 18.3 Å². The third-order valence-corrected chi connectivity index (χ3v) is 7.04. The Kier molecular flexibility index (Phi) is 7.16. The molecule has 4 unspecified atom stereocenters. The number of fused-ring (bicyclic) bond motifs is 1. The van der Waals surface area contributed by atoms with Gasteiger partial charge < -0.3 is 15.2 Å². The number of piperidine rings is 1. The molecule has 1 saturated carbocycles. The first-order valence-corrected chi connectivity index (χ1v) is 11.3. The Morgan fingerprint density at radius 2 is 2.03 bits per heavy atom. The molecule has 4 rings (SSSR count). The number of carbonyl (C=O) groups excluding carboxylic acids is 1. The summed E-state index contributed by atoms with van der Waals surface area (Å²) in [6.07, 6.45) is 6.96. The lowest BCUT2D eigenvalue weighted by atomic mass is 9.80. The van der Waals surface area contributed by atoms with E-state index in [4.69, 9.17) is 9.84 Å². The lowest BCUT2D eigenvalue weighted by molar-refractivity contribution is -0.124. The number of aromatic carboxylic acids is 1. The second kappa shape index (κ2) is 10.0. The van der Waals surface area contributed by atoms with E-state index in [0.29, 0.717) is 18.5 Å². The summed E-state index contributed by atoms with van der Waals surface area (Å²) in [5, 5.41) is 12.1. The van der Waals surface area contributed by atoms with Gasteiger partial charge in [-0.25, -0.2) is 15.2 Å². The molecule has 31 heavy (non-hydrogen) atoms. The van der Waals surface area contributed by atoms with Crippen molar-refractivity contribution in [1.29, 1.82) is 0 Å². The molecule has 3 aliphatic rings. The van der Waals surface area contributed by atoms with Crippen molar-refractivity contribution in [2.24, 2.45) is 11.8 Å². The van der Waals surface area contributed by atoms with E-state index in [0.717, 1.165) is 57.3 Å². The zero-order valence-corrected chi connectivity index (χ0v) is 18.0.